The highest BCUT2D eigenvalue weighted by molar-refractivity contribution is 5.91. The Labute approximate surface area is 101 Å². The van der Waals surface area contributed by atoms with Crippen molar-refractivity contribution in [1.82, 2.24) is 0 Å². The molecule has 1 aromatic carbocycles. The lowest BCUT2D eigenvalue weighted by molar-refractivity contribution is -0.257. The molecule has 2 rings (SSSR count). The van der Waals surface area contributed by atoms with Gasteiger partial charge in [0.05, 0.1) is 14.2 Å². The van der Waals surface area contributed by atoms with E-state index in [9.17, 15) is 14.7 Å². The summed E-state index contributed by atoms with van der Waals surface area (Å²) in [7, 11) is 2.78. The average molecular weight is 249 g/mol. The van der Waals surface area contributed by atoms with E-state index in [1.54, 1.807) is 0 Å². The van der Waals surface area contributed by atoms with E-state index < -0.39 is 17.2 Å². The van der Waals surface area contributed by atoms with Gasteiger partial charge >= 0.3 is 0 Å². The van der Waals surface area contributed by atoms with Crippen LogP contribution in [0.25, 0.3) is 11.0 Å². The maximum Gasteiger partial charge on any atom is 0.197 e. The molecule has 0 atom stereocenters. The molecule has 6 heteroatoms. The van der Waals surface area contributed by atoms with Gasteiger partial charge < -0.3 is 23.8 Å². The van der Waals surface area contributed by atoms with Crippen LogP contribution >= 0.6 is 0 Å². The molecule has 1 heterocycles. The van der Waals surface area contributed by atoms with E-state index in [-0.39, 0.29) is 22.5 Å². The number of fused-ring (bicyclic) bond motifs is 1. The molecule has 0 radical (unpaired) electrons. The Hall–Kier alpha value is -2.50. The van der Waals surface area contributed by atoms with E-state index in [4.69, 9.17) is 13.9 Å². The number of benzene rings is 1. The van der Waals surface area contributed by atoms with Crippen molar-refractivity contribution in [3.05, 3.63) is 34.2 Å². The number of ether oxygens (including phenoxy) is 2. The van der Waals surface area contributed by atoms with Gasteiger partial charge in [0.25, 0.3) is 0 Å². The fourth-order valence-corrected chi connectivity index (χ4v) is 1.64. The molecular formula is C12H9O6-. The van der Waals surface area contributed by atoms with Crippen LogP contribution in [0.4, 0.5) is 0 Å². The highest BCUT2D eigenvalue weighted by Gasteiger charge is 2.14. The molecule has 0 fully saturated rings. The number of carbonyl (C=O) groups excluding carboxylic acids is 1. The van der Waals surface area contributed by atoms with Crippen molar-refractivity contribution in [2.45, 2.75) is 0 Å². The van der Waals surface area contributed by atoms with Gasteiger partial charge in [0, 0.05) is 6.07 Å². The zero-order valence-corrected chi connectivity index (χ0v) is 9.68. The topological polar surface area (TPSA) is 88.8 Å². The Morgan fingerprint density at radius 2 is 1.83 bits per heavy atom. The molecule has 94 valence electrons. The zero-order chi connectivity index (χ0) is 13.3. The molecular weight excluding hydrogens is 240 g/mol. The van der Waals surface area contributed by atoms with Gasteiger partial charge in [-0.2, -0.15) is 0 Å². The first-order chi connectivity index (χ1) is 8.58. The molecule has 6 nitrogen and oxygen atoms in total. The molecule has 0 spiro atoms. The minimum absolute atomic E-state index is 0.0172. The van der Waals surface area contributed by atoms with Crippen LogP contribution < -0.4 is 20.0 Å². The minimum atomic E-state index is -1.57. The number of carboxylic acid groups (broad SMARTS) is 1. The van der Waals surface area contributed by atoms with Crippen LogP contribution in [-0.4, -0.2) is 20.2 Å². The third-order valence-electron chi connectivity index (χ3n) is 2.44. The average Bonchev–Trinajstić information content (AvgIpc) is 2.37. The Balaban J connectivity index is 2.93. The Kier molecular flexibility index (Phi) is 2.93. The van der Waals surface area contributed by atoms with Crippen molar-refractivity contribution in [3.8, 4) is 11.5 Å². The molecule has 0 unspecified atom stereocenters. The van der Waals surface area contributed by atoms with Gasteiger partial charge in [-0.3, -0.25) is 4.79 Å². The normalized spacial score (nSPS) is 10.3. The van der Waals surface area contributed by atoms with Crippen molar-refractivity contribution in [1.29, 1.82) is 0 Å². The van der Waals surface area contributed by atoms with Crippen molar-refractivity contribution >= 4 is 16.9 Å². The van der Waals surface area contributed by atoms with E-state index in [1.165, 1.54) is 26.4 Å². The van der Waals surface area contributed by atoms with Gasteiger partial charge in [0.2, 0.25) is 0 Å². The number of rotatable bonds is 3. The van der Waals surface area contributed by atoms with Crippen LogP contribution in [0.5, 0.6) is 11.5 Å². The number of hydrogen-bond acceptors (Lipinski definition) is 6. The number of carboxylic acids is 1. The number of aromatic carboxylic acids is 1. The fraction of sp³-hybridized carbons (Fsp3) is 0.167. The largest absolute Gasteiger partial charge is 0.542 e. The summed E-state index contributed by atoms with van der Waals surface area (Å²) in [5.41, 5.74) is -0.519. The summed E-state index contributed by atoms with van der Waals surface area (Å²) in [5.74, 6) is -1.60. The van der Waals surface area contributed by atoms with Crippen molar-refractivity contribution in [2.24, 2.45) is 0 Å². The molecule has 18 heavy (non-hydrogen) atoms. The van der Waals surface area contributed by atoms with Crippen LogP contribution in [0.15, 0.2) is 27.4 Å². The summed E-state index contributed by atoms with van der Waals surface area (Å²) >= 11 is 0. The van der Waals surface area contributed by atoms with Gasteiger partial charge in [-0.05, 0) is 12.1 Å². The quantitative estimate of drug-likeness (QED) is 0.770. The highest BCUT2D eigenvalue weighted by atomic mass is 16.5. The molecule has 0 N–H and O–H groups in total. The SMILES string of the molecule is COc1ccc(OC)c2c(=O)cc(C(=O)[O-])oc12. The summed E-state index contributed by atoms with van der Waals surface area (Å²) in [6, 6.07) is 3.90. The molecule has 0 aliphatic rings. The van der Waals surface area contributed by atoms with Crippen LogP contribution in [0.3, 0.4) is 0 Å². The molecule has 0 saturated carbocycles. The molecule has 2 aromatic rings. The third kappa shape index (κ3) is 1.77. The van der Waals surface area contributed by atoms with Gasteiger partial charge in [0.15, 0.2) is 22.5 Å². The minimum Gasteiger partial charge on any atom is -0.542 e. The fourth-order valence-electron chi connectivity index (χ4n) is 1.64. The second kappa shape index (κ2) is 4.40. The summed E-state index contributed by atoms with van der Waals surface area (Å²) in [5, 5.41) is 10.9. The zero-order valence-electron chi connectivity index (χ0n) is 9.68. The molecule has 0 amide bonds. The molecule has 1 aromatic heterocycles. The number of carbonyl (C=O) groups is 1. The summed E-state index contributed by atoms with van der Waals surface area (Å²) in [6.07, 6.45) is 0. The maximum absolute atomic E-state index is 11.9. The number of methoxy groups -OCH3 is 2. The lowest BCUT2D eigenvalue weighted by Gasteiger charge is -2.09. The Morgan fingerprint density at radius 3 is 2.39 bits per heavy atom. The Bertz CT molecular complexity index is 670. The first-order valence-electron chi connectivity index (χ1n) is 4.98. The first kappa shape index (κ1) is 12.0. The van der Waals surface area contributed by atoms with Crippen molar-refractivity contribution in [2.75, 3.05) is 14.2 Å². The van der Waals surface area contributed by atoms with Crippen LogP contribution in [0.1, 0.15) is 10.6 Å². The van der Waals surface area contributed by atoms with Gasteiger partial charge in [-0.1, -0.05) is 0 Å². The van der Waals surface area contributed by atoms with E-state index in [1.807, 2.05) is 0 Å². The second-order valence-corrected chi connectivity index (χ2v) is 3.44. The molecule has 0 bridgehead atoms. The summed E-state index contributed by atoms with van der Waals surface area (Å²) < 4.78 is 15.1. The van der Waals surface area contributed by atoms with Crippen LogP contribution in [-0.2, 0) is 0 Å². The van der Waals surface area contributed by atoms with Gasteiger partial charge in [-0.25, -0.2) is 0 Å². The molecule has 0 aliphatic carbocycles. The maximum atomic E-state index is 11.9. The lowest BCUT2D eigenvalue weighted by Crippen LogP contribution is -2.23. The van der Waals surface area contributed by atoms with E-state index >= 15 is 0 Å². The summed E-state index contributed by atoms with van der Waals surface area (Å²) in [4.78, 5) is 22.6. The Morgan fingerprint density at radius 1 is 1.22 bits per heavy atom. The molecule has 0 aliphatic heterocycles. The van der Waals surface area contributed by atoms with Crippen molar-refractivity contribution < 1.29 is 23.8 Å². The van der Waals surface area contributed by atoms with Crippen LogP contribution in [0.2, 0.25) is 0 Å². The highest BCUT2D eigenvalue weighted by Crippen LogP contribution is 2.31. The smallest absolute Gasteiger partial charge is 0.197 e. The lowest BCUT2D eigenvalue weighted by atomic mass is 10.2. The van der Waals surface area contributed by atoms with Gasteiger partial charge in [-0.15, -0.1) is 0 Å². The molecule has 0 saturated heterocycles. The predicted molar refractivity (Wildman–Crippen MR) is 59.9 cm³/mol. The third-order valence-corrected chi connectivity index (χ3v) is 2.44. The van der Waals surface area contributed by atoms with Crippen molar-refractivity contribution in [3.63, 3.8) is 0 Å². The van der Waals surface area contributed by atoms with E-state index in [2.05, 4.69) is 0 Å². The second-order valence-electron chi connectivity index (χ2n) is 3.44. The monoisotopic (exact) mass is 249 g/mol. The standard InChI is InChI=1S/C12H10O6/c1-16-7-3-4-8(17-2)11-10(7)6(13)5-9(18-11)12(14)15/h3-5H,1-2H3,(H,14,15)/p-1. The van der Waals surface area contributed by atoms with E-state index in [0.29, 0.717) is 0 Å². The first-order valence-corrected chi connectivity index (χ1v) is 4.98. The van der Waals surface area contributed by atoms with Gasteiger partial charge in [0.1, 0.15) is 17.1 Å². The van der Waals surface area contributed by atoms with E-state index in [0.717, 1.165) is 6.07 Å². The van der Waals surface area contributed by atoms with Crippen LogP contribution in [0, 0.1) is 0 Å². The predicted octanol–water partition coefficient (Wildman–Crippen LogP) is 0.174. The summed E-state index contributed by atoms with van der Waals surface area (Å²) in [6.45, 7) is 0. The number of hydrogen-bond donors (Lipinski definition) is 0.